The predicted molar refractivity (Wildman–Crippen MR) is 114 cm³/mol. The van der Waals surface area contributed by atoms with Gasteiger partial charge in [-0.2, -0.15) is 0 Å². The second-order valence-corrected chi connectivity index (χ2v) is 8.22. The number of fused-ring (bicyclic) bond motifs is 1. The Morgan fingerprint density at radius 1 is 1.13 bits per heavy atom. The molecule has 0 spiro atoms. The summed E-state index contributed by atoms with van der Waals surface area (Å²) in [4.78, 5) is 21.9. The Kier molecular flexibility index (Phi) is 4.78. The fourth-order valence-electron chi connectivity index (χ4n) is 3.81. The van der Waals surface area contributed by atoms with Gasteiger partial charge in [-0.05, 0) is 49.2 Å². The number of carbonyl (C=O) groups excluding carboxylic acids is 1. The monoisotopic (exact) mass is 425 g/mol. The fraction of sp³-hybridized carbons (Fsp3) is 0.273. The Hall–Kier alpha value is -3.13. The third-order valence-electron chi connectivity index (χ3n) is 5.38. The number of methoxy groups -OCH3 is 1. The Balaban J connectivity index is 1.44. The van der Waals surface area contributed by atoms with Crippen LogP contribution in [-0.2, 0) is 0 Å². The number of hydrogen-bond acceptors (Lipinski definition) is 6. The summed E-state index contributed by atoms with van der Waals surface area (Å²) in [5.41, 5.74) is 2.50. The zero-order valence-electron chi connectivity index (χ0n) is 16.4. The van der Waals surface area contributed by atoms with E-state index < -0.39 is 0 Å². The minimum atomic E-state index is -0.315. The highest BCUT2D eigenvalue weighted by atomic mass is 32.1. The van der Waals surface area contributed by atoms with E-state index in [1.165, 1.54) is 36.3 Å². The molecule has 2 aliphatic heterocycles. The molecule has 3 aromatic rings. The van der Waals surface area contributed by atoms with Gasteiger partial charge in [0.1, 0.15) is 16.6 Å². The van der Waals surface area contributed by atoms with Crippen molar-refractivity contribution < 1.29 is 18.7 Å². The minimum Gasteiger partial charge on any atom is -0.495 e. The van der Waals surface area contributed by atoms with Crippen molar-refractivity contribution in [2.24, 2.45) is 0 Å². The Morgan fingerprint density at radius 3 is 2.63 bits per heavy atom. The summed E-state index contributed by atoms with van der Waals surface area (Å²) < 4.78 is 24.6. The van der Waals surface area contributed by atoms with E-state index in [2.05, 4.69) is 9.88 Å². The van der Waals surface area contributed by atoms with Crippen LogP contribution in [-0.4, -0.2) is 37.8 Å². The lowest BCUT2D eigenvalue weighted by Crippen LogP contribution is -2.38. The van der Waals surface area contributed by atoms with Gasteiger partial charge in [0.15, 0.2) is 11.6 Å². The molecule has 1 saturated heterocycles. The van der Waals surface area contributed by atoms with Crippen molar-refractivity contribution >= 4 is 28.6 Å². The maximum absolute atomic E-state index is 13.2. The molecule has 6 nitrogen and oxygen atoms in total. The molecule has 1 fully saturated rings. The summed E-state index contributed by atoms with van der Waals surface area (Å²) >= 11 is 1.25. The molecule has 0 unspecified atom stereocenters. The van der Waals surface area contributed by atoms with Crippen LogP contribution in [0.25, 0.3) is 10.6 Å². The van der Waals surface area contributed by atoms with Crippen LogP contribution in [0.15, 0.2) is 42.5 Å². The minimum absolute atomic E-state index is 0.0740. The first-order valence-corrected chi connectivity index (χ1v) is 10.6. The molecule has 0 N–H and O–H groups in total. The van der Waals surface area contributed by atoms with Crippen LogP contribution in [0.4, 0.5) is 15.8 Å². The molecule has 5 rings (SSSR count). The molecular formula is C22H20FN3O3S. The molecule has 30 heavy (non-hydrogen) atoms. The lowest BCUT2D eigenvalue weighted by molar-refractivity contribution is 0.0940. The summed E-state index contributed by atoms with van der Waals surface area (Å²) in [6, 6.07) is 11.8. The SMILES string of the molecule is COc1cc(N2COc3nc(-c4ccc(F)cc4)sc3C2=O)ccc1N1CCCC1. The summed E-state index contributed by atoms with van der Waals surface area (Å²) in [5, 5.41) is 0.622. The molecule has 0 aliphatic carbocycles. The number of nitrogens with zero attached hydrogens (tertiary/aromatic N) is 3. The van der Waals surface area contributed by atoms with Crippen molar-refractivity contribution in [3.05, 3.63) is 53.2 Å². The van der Waals surface area contributed by atoms with Crippen molar-refractivity contribution in [2.45, 2.75) is 12.8 Å². The van der Waals surface area contributed by atoms with E-state index in [9.17, 15) is 9.18 Å². The number of amides is 1. The molecule has 1 aromatic heterocycles. The van der Waals surface area contributed by atoms with Crippen LogP contribution in [0.1, 0.15) is 22.5 Å². The van der Waals surface area contributed by atoms with Gasteiger partial charge in [0.2, 0.25) is 5.88 Å². The first-order chi connectivity index (χ1) is 14.6. The number of anilines is 2. The number of hydrogen-bond donors (Lipinski definition) is 0. The van der Waals surface area contributed by atoms with Crippen molar-refractivity contribution in [3.8, 4) is 22.2 Å². The van der Waals surface area contributed by atoms with Gasteiger partial charge < -0.3 is 14.4 Å². The second-order valence-electron chi connectivity index (χ2n) is 7.22. The van der Waals surface area contributed by atoms with Gasteiger partial charge in [0.05, 0.1) is 18.5 Å². The maximum Gasteiger partial charge on any atom is 0.276 e. The van der Waals surface area contributed by atoms with Gasteiger partial charge in [0, 0.05) is 24.7 Å². The molecular weight excluding hydrogens is 405 g/mol. The highest BCUT2D eigenvalue weighted by Crippen LogP contribution is 2.39. The third-order valence-corrected chi connectivity index (χ3v) is 6.45. The number of ether oxygens (including phenoxy) is 2. The zero-order chi connectivity index (χ0) is 20.7. The van der Waals surface area contributed by atoms with Gasteiger partial charge in [-0.1, -0.05) is 0 Å². The molecule has 3 heterocycles. The van der Waals surface area contributed by atoms with E-state index >= 15 is 0 Å². The number of benzene rings is 2. The molecule has 2 aromatic carbocycles. The van der Waals surface area contributed by atoms with Crippen molar-refractivity contribution in [1.82, 2.24) is 4.98 Å². The Morgan fingerprint density at radius 2 is 1.90 bits per heavy atom. The molecule has 2 aliphatic rings. The number of carbonyl (C=O) groups is 1. The first-order valence-electron chi connectivity index (χ1n) is 9.78. The average Bonchev–Trinajstić information content (AvgIpc) is 3.45. The van der Waals surface area contributed by atoms with E-state index in [-0.39, 0.29) is 18.5 Å². The van der Waals surface area contributed by atoms with Gasteiger partial charge in [-0.3, -0.25) is 9.69 Å². The van der Waals surface area contributed by atoms with Crippen molar-refractivity contribution in [3.63, 3.8) is 0 Å². The maximum atomic E-state index is 13.2. The third kappa shape index (κ3) is 3.27. The Bertz CT molecular complexity index is 1090. The smallest absolute Gasteiger partial charge is 0.276 e. The molecule has 8 heteroatoms. The van der Waals surface area contributed by atoms with Gasteiger partial charge in [0.25, 0.3) is 5.91 Å². The van der Waals surface area contributed by atoms with E-state index in [4.69, 9.17) is 9.47 Å². The molecule has 154 valence electrons. The topological polar surface area (TPSA) is 54.9 Å². The average molecular weight is 425 g/mol. The number of thiazole rings is 1. The molecule has 1 amide bonds. The second kappa shape index (κ2) is 7.60. The molecule has 0 atom stereocenters. The van der Waals surface area contributed by atoms with Crippen molar-refractivity contribution in [2.75, 3.05) is 36.7 Å². The van der Waals surface area contributed by atoms with Crippen LogP contribution < -0.4 is 19.3 Å². The first kappa shape index (κ1) is 18.9. The number of aromatic nitrogens is 1. The van der Waals surface area contributed by atoms with Crippen LogP contribution >= 0.6 is 11.3 Å². The summed E-state index contributed by atoms with van der Waals surface area (Å²) in [6.07, 6.45) is 2.35. The summed E-state index contributed by atoms with van der Waals surface area (Å²) in [5.74, 6) is 0.577. The van der Waals surface area contributed by atoms with E-state index in [1.54, 1.807) is 24.1 Å². The van der Waals surface area contributed by atoms with Crippen LogP contribution in [0, 0.1) is 5.82 Å². The Labute approximate surface area is 177 Å². The van der Waals surface area contributed by atoms with Crippen molar-refractivity contribution in [1.29, 1.82) is 0 Å². The summed E-state index contributed by atoms with van der Waals surface area (Å²) in [6.45, 7) is 2.10. The van der Waals surface area contributed by atoms with Gasteiger partial charge >= 0.3 is 0 Å². The highest BCUT2D eigenvalue weighted by molar-refractivity contribution is 7.17. The van der Waals surface area contributed by atoms with Gasteiger partial charge in [-0.25, -0.2) is 9.37 Å². The van der Waals surface area contributed by atoms with E-state index in [0.29, 0.717) is 21.5 Å². The normalized spacial score (nSPS) is 15.9. The van der Waals surface area contributed by atoms with E-state index in [1.807, 2.05) is 18.2 Å². The largest absolute Gasteiger partial charge is 0.495 e. The predicted octanol–water partition coefficient (Wildman–Crippen LogP) is 4.55. The van der Waals surface area contributed by atoms with Crippen LogP contribution in [0.2, 0.25) is 0 Å². The lowest BCUT2D eigenvalue weighted by Gasteiger charge is -2.27. The number of rotatable bonds is 4. The zero-order valence-corrected chi connectivity index (χ0v) is 17.2. The highest BCUT2D eigenvalue weighted by Gasteiger charge is 2.32. The van der Waals surface area contributed by atoms with Crippen LogP contribution in [0.5, 0.6) is 11.6 Å². The standard InChI is InChI=1S/C22H20FN3O3S/c1-28-18-12-16(8-9-17(18)25-10-2-3-11-25)26-13-29-20-19(22(26)27)30-21(24-20)14-4-6-15(23)7-5-14/h4-9,12H,2-3,10-11,13H2,1H3. The van der Waals surface area contributed by atoms with E-state index in [0.717, 1.165) is 30.1 Å². The quantitative estimate of drug-likeness (QED) is 0.614. The summed E-state index contributed by atoms with van der Waals surface area (Å²) in [7, 11) is 1.64. The van der Waals surface area contributed by atoms with Gasteiger partial charge in [-0.15, -0.1) is 11.3 Å². The van der Waals surface area contributed by atoms with Crippen LogP contribution in [0.3, 0.4) is 0 Å². The molecule has 0 bridgehead atoms. The lowest BCUT2D eigenvalue weighted by atomic mass is 10.2. The number of halogens is 1. The molecule has 0 radical (unpaired) electrons. The molecule has 0 saturated carbocycles. The fourth-order valence-corrected chi connectivity index (χ4v) is 4.77.